The monoisotopic (exact) mass is 439 g/mol. The fourth-order valence-corrected chi connectivity index (χ4v) is 6.45. The summed E-state index contributed by atoms with van der Waals surface area (Å²) in [5.74, 6) is -1.25. The van der Waals surface area contributed by atoms with Crippen LogP contribution in [-0.4, -0.2) is 44.5 Å². The second kappa shape index (κ2) is 10.2. The summed E-state index contributed by atoms with van der Waals surface area (Å²) in [5, 5.41) is 9.12. The lowest BCUT2D eigenvalue weighted by atomic mass is 10.1. The number of sulfonamides is 1. The third-order valence-corrected chi connectivity index (χ3v) is 8.23. The molecule has 0 spiro atoms. The van der Waals surface area contributed by atoms with Crippen LogP contribution in [0, 0.1) is 6.92 Å². The molecule has 0 aliphatic rings. The van der Waals surface area contributed by atoms with Crippen LogP contribution in [0.3, 0.4) is 0 Å². The van der Waals surface area contributed by atoms with Crippen molar-refractivity contribution in [3.8, 4) is 0 Å². The number of aryl methyl sites for hydroxylation is 1. The zero-order valence-corrected chi connectivity index (χ0v) is 18.2. The Morgan fingerprint density at radius 3 is 2.31 bits per heavy atom. The molecule has 0 aliphatic heterocycles. The van der Waals surface area contributed by atoms with Crippen molar-refractivity contribution in [3.05, 3.63) is 65.7 Å². The van der Waals surface area contributed by atoms with Gasteiger partial charge in [-0.25, -0.2) is 13.1 Å². The van der Waals surface area contributed by atoms with Crippen molar-refractivity contribution >= 4 is 23.4 Å². The van der Waals surface area contributed by atoms with Crippen molar-refractivity contribution in [1.29, 1.82) is 0 Å². The van der Waals surface area contributed by atoms with Crippen molar-refractivity contribution in [2.24, 2.45) is 0 Å². The SMILES string of the molecule is CCO[P@](=O)(CC(=O)O)CC(Cc1ccccc1)NS(=O)(=O)c1ccc(C)cc1. The van der Waals surface area contributed by atoms with Crippen LogP contribution in [0.1, 0.15) is 18.1 Å². The lowest BCUT2D eigenvalue weighted by Gasteiger charge is -2.24. The van der Waals surface area contributed by atoms with E-state index in [1.807, 2.05) is 37.3 Å². The molecule has 0 saturated heterocycles. The molecule has 2 aromatic carbocycles. The Kier molecular flexibility index (Phi) is 8.16. The maximum atomic E-state index is 13.1. The summed E-state index contributed by atoms with van der Waals surface area (Å²) in [6.45, 7) is 3.55. The van der Waals surface area contributed by atoms with Crippen LogP contribution in [0.15, 0.2) is 59.5 Å². The Morgan fingerprint density at radius 1 is 1.14 bits per heavy atom. The quantitative estimate of drug-likeness (QED) is 0.520. The molecule has 29 heavy (non-hydrogen) atoms. The summed E-state index contributed by atoms with van der Waals surface area (Å²) in [6.07, 6.45) is -0.617. The summed E-state index contributed by atoms with van der Waals surface area (Å²) in [5.41, 5.74) is 1.76. The predicted octanol–water partition coefficient (Wildman–Crippen LogP) is 3.28. The summed E-state index contributed by atoms with van der Waals surface area (Å²) in [6, 6.07) is 14.7. The number of carbonyl (C=O) groups is 1. The zero-order chi connectivity index (χ0) is 21.5. The first-order valence-corrected chi connectivity index (χ1v) is 12.7. The highest BCUT2D eigenvalue weighted by Gasteiger charge is 2.32. The largest absolute Gasteiger partial charge is 0.481 e. The number of benzene rings is 2. The van der Waals surface area contributed by atoms with Crippen molar-refractivity contribution in [2.75, 3.05) is 18.9 Å². The van der Waals surface area contributed by atoms with E-state index in [4.69, 9.17) is 9.63 Å². The Hall–Kier alpha value is -1.99. The molecule has 2 N–H and O–H groups in total. The van der Waals surface area contributed by atoms with Gasteiger partial charge < -0.3 is 9.63 Å². The van der Waals surface area contributed by atoms with Crippen molar-refractivity contribution in [2.45, 2.75) is 31.2 Å². The minimum atomic E-state index is -3.89. The van der Waals surface area contributed by atoms with E-state index in [9.17, 15) is 17.8 Å². The van der Waals surface area contributed by atoms with E-state index in [0.29, 0.717) is 0 Å². The molecule has 158 valence electrons. The summed E-state index contributed by atoms with van der Waals surface area (Å²) < 4.78 is 46.6. The van der Waals surface area contributed by atoms with Gasteiger partial charge in [0.05, 0.1) is 11.5 Å². The molecule has 0 amide bonds. The number of hydrogen-bond donors (Lipinski definition) is 2. The summed E-state index contributed by atoms with van der Waals surface area (Å²) in [4.78, 5) is 11.3. The van der Waals surface area contributed by atoms with Gasteiger partial charge in [0, 0.05) is 12.2 Å². The standard InChI is InChI=1S/C20H26NO6PS/c1-3-27-28(24,15-20(22)23)14-18(13-17-7-5-4-6-8-17)21-29(25,26)19-11-9-16(2)10-12-19/h4-12,18,21H,3,13-15H2,1-2H3,(H,22,23)/t18?,28-/m0/s1. The van der Waals surface area contributed by atoms with Crippen LogP contribution in [0.25, 0.3) is 0 Å². The fourth-order valence-electron chi connectivity index (χ4n) is 2.99. The predicted molar refractivity (Wildman–Crippen MR) is 112 cm³/mol. The zero-order valence-electron chi connectivity index (χ0n) is 16.4. The van der Waals surface area contributed by atoms with E-state index in [-0.39, 0.29) is 24.1 Å². The van der Waals surface area contributed by atoms with Gasteiger partial charge in [-0.15, -0.1) is 0 Å². The average molecular weight is 439 g/mol. The van der Waals surface area contributed by atoms with E-state index in [1.54, 1.807) is 19.1 Å². The van der Waals surface area contributed by atoms with Gasteiger partial charge >= 0.3 is 5.97 Å². The van der Waals surface area contributed by atoms with Crippen LogP contribution >= 0.6 is 7.37 Å². The Morgan fingerprint density at radius 2 is 1.76 bits per heavy atom. The molecule has 0 fully saturated rings. The second-order valence-corrected chi connectivity index (χ2v) is 11.1. The number of carboxylic acid groups (broad SMARTS) is 1. The number of rotatable bonds is 11. The molecule has 0 aliphatic carbocycles. The molecular formula is C20H26NO6PS. The maximum absolute atomic E-state index is 13.1. The van der Waals surface area contributed by atoms with Gasteiger partial charge in [-0.1, -0.05) is 48.0 Å². The van der Waals surface area contributed by atoms with E-state index >= 15 is 0 Å². The van der Waals surface area contributed by atoms with E-state index in [2.05, 4.69) is 4.72 Å². The first-order valence-electron chi connectivity index (χ1n) is 9.21. The van der Waals surface area contributed by atoms with Crippen molar-refractivity contribution < 1.29 is 27.4 Å². The van der Waals surface area contributed by atoms with Gasteiger partial charge in [0.1, 0.15) is 6.16 Å². The molecular weight excluding hydrogens is 413 g/mol. The van der Waals surface area contributed by atoms with Crippen LogP contribution in [0.5, 0.6) is 0 Å². The number of nitrogens with one attached hydrogen (secondary N) is 1. The summed E-state index contributed by atoms with van der Waals surface area (Å²) >= 11 is 0. The highest BCUT2D eigenvalue weighted by molar-refractivity contribution is 7.89. The molecule has 0 heterocycles. The van der Waals surface area contributed by atoms with Gasteiger partial charge in [-0.05, 0) is 38.0 Å². The van der Waals surface area contributed by atoms with Crippen LogP contribution in [0.4, 0.5) is 0 Å². The number of carboxylic acids is 1. The van der Waals surface area contributed by atoms with Gasteiger partial charge in [0.2, 0.25) is 17.4 Å². The van der Waals surface area contributed by atoms with Crippen molar-refractivity contribution in [1.82, 2.24) is 4.72 Å². The minimum Gasteiger partial charge on any atom is -0.481 e. The second-order valence-electron chi connectivity index (χ2n) is 6.79. The van der Waals surface area contributed by atoms with Crippen LogP contribution in [-0.2, 0) is 30.3 Å². The highest BCUT2D eigenvalue weighted by atomic mass is 32.2. The van der Waals surface area contributed by atoms with Crippen LogP contribution < -0.4 is 4.72 Å². The highest BCUT2D eigenvalue weighted by Crippen LogP contribution is 2.47. The molecule has 7 nitrogen and oxygen atoms in total. The maximum Gasteiger partial charge on any atom is 0.313 e. The molecule has 1 unspecified atom stereocenters. The lowest BCUT2D eigenvalue weighted by Crippen LogP contribution is -2.39. The topological polar surface area (TPSA) is 110 Å². The molecule has 2 aromatic rings. The lowest BCUT2D eigenvalue weighted by molar-refractivity contribution is -0.134. The third kappa shape index (κ3) is 7.40. The summed E-state index contributed by atoms with van der Waals surface area (Å²) in [7, 11) is -7.47. The van der Waals surface area contributed by atoms with E-state index in [0.717, 1.165) is 11.1 Å². The fraction of sp³-hybridized carbons (Fsp3) is 0.350. The molecule has 2 rings (SSSR count). The first kappa shape index (κ1) is 23.3. The Balaban J connectivity index is 2.32. The van der Waals surface area contributed by atoms with E-state index in [1.165, 1.54) is 12.1 Å². The Labute approximate surface area is 171 Å². The van der Waals surface area contributed by atoms with Crippen LogP contribution in [0.2, 0.25) is 0 Å². The average Bonchev–Trinajstić information content (AvgIpc) is 2.61. The van der Waals surface area contributed by atoms with Crippen molar-refractivity contribution in [3.63, 3.8) is 0 Å². The molecule has 0 aromatic heterocycles. The smallest absolute Gasteiger partial charge is 0.313 e. The number of aliphatic carboxylic acids is 1. The molecule has 0 bridgehead atoms. The number of hydrogen-bond acceptors (Lipinski definition) is 5. The van der Waals surface area contributed by atoms with E-state index < -0.39 is 35.6 Å². The molecule has 0 radical (unpaired) electrons. The molecule has 0 saturated carbocycles. The molecule has 2 atom stereocenters. The molecule has 9 heteroatoms. The third-order valence-electron chi connectivity index (χ3n) is 4.22. The van der Waals surface area contributed by atoms with Gasteiger partial charge in [-0.3, -0.25) is 9.36 Å². The normalized spacial score (nSPS) is 14.8. The van der Waals surface area contributed by atoms with Gasteiger partial charge in [0.15, 0.2) is 0 Å². The van der Waals surface area contributed by atoms with Gasteiger partial charge in [0.25, 0.3) is 0 Å². The first-order chi connectivity index (χ1) is 13.6. The minimum absolute atomic E-state index is 0.0767. The van der Waals surface area contributed by atoms with Gasteiger partial charge in [-0.2, -0.15) is 0 Å². The Bertz CT molecular complexity index is 960.